The molecule has 4 heterocycles. The maximum atomic E-state index is 13.0. The summed E-state index contributed by atoms with van der Waals surface area (Å²) in [4.78, 5) is 24.3. The molecule has 2 aromatic rings. The average Bonchev–Trinajstić information content (AvgIpc) is 3.43. The van der Waals surface area contributed by atoms with Gasteiger partial charge >= 0.3 is 0 Å². The summed E-state index contributed by atoms with van der Waals surface area (Å²) in [5, 5.41) is 8.78. The van der Waals surface area contributed by atoms with E-state index in [2.05, 4.69) is 55.9 Å². The van der Waals surface area contributed by atoms with Gasteiger partial charge in [-0.25, -0.2) is 9.97 Å². The number of hydrogen-bond acceptors (Lipinski definition) is 5. The van der Waals surface area contributed by atoms with Crippen molar-refractivity contribution in [3.05, 3.63) is 68.1 Å². The molecule has 0 spiro atoms. The third-order valence-electron chi connectivity index (χ3n) is 4.38. The van der Waals surface area contributed by atoms with Crippen molar-refractivity contribution in [3.63, 3.8) is 0 Å². The molecule has 2 aliphatic rings. The van der Waals surface area contributed by atoms with Crippen molar-refractivity contribution in [1.29, 1.82) is 0 Å². The van der Waals surface area contributed by atoms with Gasteiger partial charge in [0, 0.05) is 22.1 Å². The summed E-state index contributed by atoms with van der Waals surface area (Å²) >= 11 is 3.34. The van der Waals surface area contributed by atoms with Crippen LogP contribution in [0.5, 0.6) is 0 Å². The van der Waals surface area contributed by atoms with Crippen LogP contribution in [0.25, 0.3) is 0 Å². The second kappa shape index (κ2) is 7.68. The van der Waals surface area contributed by atoms with Crippen LogP contribution in [0, 0.1) is 0 Å². The first-order chi connectivity index (χ1) is 12.6. The van der Waals surface area contributed by atoms with E-state index in [0.29, 0.717) is 0 Å². The van der Waals surface area contributed by atoms with Gasteiger partial charge in [-0.05, 0) is 21.6 Å². The molecule has 2 unspecified atom stereocenters. The highest BCUT2D eigenvalue weighted by atomic mass is 32.2. The first-order valence-corrected chi connectivity index (χ1v) is 12.9. The van der Waals surface area contributed by atoms with E-state index in [4.69, 9.17) is 0 Å². The van der Waals surface area contributed by atoms with Crippen LogP contribution in [-0.4, -0.2) is 15.8 Å². The van der Waals surface area contributed by atoms with Crippen LogP contribution in [0.2, 0.25) is 0 Å². The number of thiol groups is 2. The molecule has 136 valence electrons. The maximum absolute atomic E-state index is 13.0. The lowest BCUT2D eigenvalue weighted by molar-refractivity contribution is -0.121. The molecule has 0 amide bonds. The van der Waals surface area contributed by atoms with Crippen LogP contribution < -0.4 is 0 Å². The number of nitrogens with zero attached hydrogens (tertiary/aromatic N) is 2. The number of rotatable bonds is 6. The Kier molecular flexibility index (Phi) is 5.31. The maximum Gasteiger partial charge on any atom is 0.148 e. The van der Waals surface area contributed by atoms with Gasteiger partial charge in [0.05, 0.1) is 11.8 Å². The van der Waals surface area contributed by atoms with Gasteiger partial charge in [-0.15, -0.1) is 22.7 Å². The fraction of sp³-hybridized carbons (Fsp3) is 0.211. The minimum Gasteiger partial charge on any atom is -0.298 e. The van der Waals surface area contributed by atoms with Gasteiger partial charge in [-0.1, -0.05) is 38.2 Å². The SMILES string of the molecule is CC(C(=O)C(C)c1cnc([SH]2C=CC=C2)s1)c1cnc([SH]2C=CC=C2)s1. The predicted octanol–water partition coefficient (Wildman–Crippen LogP) is 5.88. The van der Waals surface area contributed by atoms with E-state index in [1.807, 2.05) is 26.2 Å². The molecule has 0 fully saturated rings. The standard InChI is InChI=1S/C19H20N2OS4/c1-13(15-11-20-18(23-15)25-7-3-4-8-25)17(22)14(2)16-12-21-19(24-16)26-9-5-6-10-26/h3-14,25-26H,1-2H3. The van der Waals surface area contributed by atoms with Crippen molar-refractivity contribution in [2.75, 3.05) is 0 Å². The normalized spacial score (nSPS) is 20.2. The third kappa shape index (κ3) is 3.53. The number of carbonyl (C=O) groups is 1. The first-order valence-electron chi connectivity index (χ1n) is 8.35. The highest BCUT2D eigenvalue weighted by molar-refractivity contribution is 8.23. The molecular formula is C19H20N2OS4. The molecule has 0 aromatic carbocycles. The molecule has 0 radical (unpaired) electrons. The lowest BCUT2D eigenvalue weighted by atomic mass is 9.94. The topological polar surface area (TPSA) is 42.9 Å². The van der Waals surface area contributed by atoms with Crippen molar-refractivity contribution >= 4 is 50.2 Å². The Morgan fingerprint density at radius 1 is 0.808 bits per heavy atom. The number of aromatic nitrogens is 2. The summed E-state index contributed by atoms with van der Waals surface area (Å²) in [6, 6.07) is 0. The summed E-state index contributed by atoms with van der Waals surface area (Å²) in [6.45, 7) is 4.00. The fourth-order valence-corrected chi connectivity index (χ4v) is 8.64. The quantitative estimate of drug-likeness (QED) is 0.574. The molecule has 0 bridgehead atoms. The van der Waals surface area contributed by atoms with Crippen LogP contribution >= 0.6 is 44.5 Å². The summed E-state index contributed by atoms with van der Waals surface area (Å²) in [5.41, 5.74) is 0. The van der Waals surface area contributed by atoms with Crippen LogP contribution in [-0.2, 0) is 4.79 Å². The van der Waals surface area contributed by atoms with Crippen LogP contribution in [0.4, 0.5) is 0 Å². The molecule has 7 heteroatoms. The number of thiazole rings is 2. The summed E-state index contributed by atoms with van der Waals surface area (Å²) < 4.78 is 2.24. The Hall–Kier alpha value is -1.41. The number of ketones is 1. The van der Waals surface area contributed by atoms with Crippen LogP contribution in [0.1, 0.15) is 35.4 Å². The second-order valence-electron chi connectivity index (χ2n) is 6.12. The van der Waals surface area contributed by atoms with E-state index < -0.39 is 21.8 Å². The van der Waals surface area contributed by atoms with Crippen molar-refractivity contribution in [1.82, 2.24) is 9.97 Å². The molecule has 4 rings (SSSR count). The Labute approximate surface area is 167 Å². The molecule has 3 nitrogen and oxygen atoms in total. The summed E-state index contributed by atoms with van der Waals surface area (Å²) in [7, 11) is -0.817. The third-order valence-corrected chi connectivity index (χ3v) is 11.2. The minimum absolute atomic E-state index is 0.135. The Bertz CT molecular complexity index is 839. The zero-order valence-electron chi connectivity index (χ0n) is 14.4. The smallest absolute Gasteiger partial charge is 0.148 e. The number of hydrogen-bond donors (Lipinski definition) is 2. The van der Waals surface area contributed by atoms with Gasteiger partial charge < -0.3 is 0 Å². The fourth-order valence-electron chi connectivity index (χ4n) is 2.77. The number of carbonyl (C=O) groups excluding carboxylic acids is 1. The van der Waals surface area contributed by atoms with Crippen molar-refractivity contribution in [2.24, 2.45) is 0 Å². The van der Waals surface area contributed by atoms with Gasteiger partial charge in [0.25, 0.3) is 0 Å². The molecule has 0 aliphatic carbocycles. The minimum atomic E-state index is -0.408. The molecule has 2 atom stereocenters. The van der Waals surface area contributed by atoms with Gasteiger partial charge in [-0.2, -0.15) is 21.8 Å². The van der Waals surface area contributed by atoms with Gasteiger partial charge in [0.15, 0.2) is 0 Å². The van der Waals surface area contributed by atoms with Gasteiger partial charge in [-0.3, -0.25) is 4.79 Å². The van der Waals surface area contributed by atoms with E-state index in [1.165, 1.54) is 0 Å². The van der Waals surface area contributed by atoms with E-state index in [9.17, 15) is 4.79 Å². The zero-order chi connectivity index (χ0) is 18.1. The lowest BCUT2D eigenvalue weighted by Crippen LogP contribution is -2.14. The molecular weight excluding hydrogens is 400 g/mol. The largest absolute Gasteiger partial charge is 0.298 e. The molecule has 26 heavy (non-hydrogen) atoms. The highest BCUT2D eigenvalue weighted by Crippen LogP contribution is 2.47. The van der Waals surface area contributed by atoms with Crippen LogP contribution in [0.3, 0.4) is 0 Å². The van der Waals surface area contributed by atoms with E-state index in [1.54, 1.807) is 22.7 Å². The molecule has 2 aromatic heterocycles. The molecule has 0 saturated heterocycles. The van der Waals surface area contributed by atoms with Crippen molar-refractivity contribution < 1.29 is 4.79 Å². The summed E-state index contributed by atoms with van der Waals surface area (Å²) in [5.74, 6) is -0.0281. The van der Waals surface area contributed by atoms with Crippen LogP contribution in [0.15, 0.2) is 67.0 Å². The zero-order valence-corrected chi connectivity index (χ0v) is 17.9. The number of allylic oxidation sites excluding steroid dienone is 4. The number of Topliss-reactive ketones (excluding diaryl/α,β-unsaturated/α-hetero) is 1. The van der Waals surface area contributed by atoms with Crippen molar-refractivity contribution in [3.8, 4) is 0 Å². The van der Waals surface area contributed by atoms with E-state index in [-0.39, 0.29) is 17.6 Å². The second-order valence-corrected chi connectivity index (χ2v) is 12.5. The predicted molar refractivity (Wildman–Crippen MR) is 117 cm³/mol. The summed E-state index contributed by atoms with van der Waals surface area (Å²) in [6.07, 6.45) is 12.0. The Balaban J connectivity index is 1.47. The molecule has 0 N–H and O–H groups in total. The Morgan fingerprint density at radius 2 is 1.19 bits per heavy atom. The first kappa shape index (κ1) is 18.0. The average molecular weight is 421 g/mol. The molecule has 2 aliphatic heterocycles. The Morgan fingerprint density at radius 3 is 1.58 bits per heavy atom. The molecule has 0 saturated carbocycles. The highest BCUT2D eigenvalue weighted by Gasteiger charge is 2.26. The lowest BCUT2D eigenvalue weighted by Gasteiger charge is -2.13. The monoisotopic (exact) mass is 420 g/mol. The van der Waals surface area contributed by atoms with E-state index >= 15 is 0 Å². The van der Waals surface area contributed by atoms with Gasteiger partial charge in [0.2, 0.25) is 0 Å². The van der Waals surface area contributed by atoms with Gasteiger partial charge in [0.1, 0.15) is 14.5 Å². The van der Waals surface area contributed by atoms with Crippen molar-refractivity contribution in [2.45, 2.75) is 34.4 Å². The van der Waals surface area contributed by atoms with E-state index in [0.717, 1.165) is 18.4 Å².